The zero-order valence-electron chi connectivity index (χ0n) is 23.0. The van der Waals surface area contributed by atoms with Crippen LogP contribution in [-0.2, 0) is 20.6 Å². The van der Waals surface area contributed by atoms with Crippen molar-refractivity contribution in [2.75, 3.05) is 19.0 Å². The molecule has 4 aliphatic rings. The van der Waals surface area contributed by atoms with Crippen LogP contribution in [0, 0.1) is 17.6 Å². The largest absolute Gasteiger partial charge is 0.394 e. The smallest absolute Gasteiger partial charge is 0.189 e. The van der Waals surface area contributed by atoms with Gasteiger partial charge in [0.05, 0.1) is 31.1 Å². The predicted octanol–water partition coefficient (Wildman–Crippen LogP) is 4.72. The second-order valence-electron chi connectivity index (χ2n) is 11.7. The molecular weight excluding hydrogens is 552 g/mol. The molecule has 3 saturated carbocycles. The zero-order chi connectivity index (χ0) is 28.1. The quantitative estimate of drug-likeness (QED) is 0.266. The van der Waals surface area contributed by atoms with E-state index in [0.717, 1.165) is 55.5 Å². The highest BCUT2D eigenvalue weighted by molar-refractivity contribution is 7.99. The van der Waals surface area contributed by atoms with Crippen molar-refractivity contribution in [1.29, 1.82) is 0 Å². The minimum atomic E-state index is -0.827. The van der Waals surface area contributed by atoms with Crippen molar-refractivity contribution in [3.63, 3.8) is 0 Å². The maximum Gasteiger partial charge on any atom is 0.189 e. The first-order valence-electron chi connectivity index (χ1n) is 14.8. The Labute approximate surface area is 241 Å². The van der Waals surface area contributed by atoms with Gasteiger partial charge in [-0.3, -0.25) is 0 Å². The lowest BCUT2D eigenvalue weighted by molar-refractivity contribution is -0.190. The highest BCUT2D eigenvalue weighted by Crippen LogP contribution is 2.52. The molecule has 1 aliphatic heterocycles. The summed E-state index contributed by atoms with van der Waals surface area (Å²) in [6, 6.07) is 3.99. The Morgan fingerprint density at radius 1 is 1.12 bits per heavy atom. The van der Waals surface area contributed by atoms with Crippen LogP contribution in [0.25, 0.3) is 11.2 Å². The minimum Gasteiger partial charge on any atom is -0.394 e. The molecule has 1 N–H and O–H groups in total. The summed E-state index contributed by atoms with van der Waals surface area (Å²) in [5.41, 5.74) is 2.97. The fourth-order valence-electron chi connectivity index (χ4n) is 6.86. The molecule has 3 aromatic rings. The van der Waals surface area contributed by atoms with Gasteiger partial charge in [0.1, 0.15) is 12.2 Å². The Bertz CT molecular complexity index is 1420. The summed E-state index contributed by atoms with van der Waals surface area (Å²) in [5.74, 6) is -0.915. The molecule has 3 heterocycles. The molecule has 9 nitrogen and oxygen atoms in total. The van der Waals surface area contributed by atoms with Gasteiger partial charge >= 0.3 is 0 Å². The normalized spacial score (nSPS) is 30.0. The molecule has 1 saturated heterocycles. The fourth-order valence-corrected chi connectivity index (χ4v) is 7.58. The highest BCUT2D eigenvalue weighted by Gasteiger charge is 2.59. The number of aliphatic hydroxyl groups is 1. The Morgan fingerprint density at radius 2 is 1.95 bits per heavy atom. The maximum absolute atomic E-state index is 13.9. The van der Waals surface area contributed by atoms with Crippen LogP contribution in [-0.4, -0.2) is 73.1 Å². The lowest BCUT2D eigenvalue weighted by Crippen LogP contribution is -2.32. The van der Waals surface area contributed by atoms with Crippen molar-refractivity contribution < 1.29 is 28.1 Å². The van der Waals surface area contributed by atoms with Crippen LogP contribution in [0.1, 0.15) is 75.1 Å². The molecular formula is C29H35F2N5O4S. The number of aromatic nitrogens is 5. The Kier molecular flexibility index (Phi) is 7.47. The van der Waals surface area contributed by atoms with Crippen LogP contribution < -0.4 is 0 Å². The van der Waals surface area contributed by atoms with Gasteiger partial charge in [-0.15, -0.1) is 5.10 Å². The molecule has 41 heavy (non-hydrogen) atoms. The predicted molar refractivity (Wildman–Crippen MR) is 146 cm³/mol. The van der Waals surface area contributed by atoms with E-state index in [2.05, 4.69) is 17.2 Å². The van der Waals surface area contributed by atoms with E-state index in [1.54, 1.807) is 17.8 Å². The summed E-state index contributed by atoms with van der Waals surface area (Å²) in [4.78, 5) is 9.81. The number of fused-ring (bicyclic) bond motifs is 2. The first-order chi connectivity index (χ1) is 20.0. The average molecular weight is 588 g/mol. The van der Waals surface area contributed by atoms with Crippen LogP contribution in [0.2, 0.25) is 0 Å². The molecule has 220 valence electrons. The third-order valence-corrected chi connectivity index (χ3v) is 9.96. The average Bonchev–Trinajstić information content (AvgIpc) is 3.32. The third-order valence-electron chi connectivity index (χ3n) is 8.91. The number of thioether (sulfide) groups is 1. The van der Waals surface area contributed by atoms with Gasteiger partial charge in [-0.25, -0.2) is 23.4 Å². The molecule has 0 amide bonds. The molecule has 3 aliphatic carbocycles. The minimum absolute atomic E-state index is 0.0574. The van der Waals surface area contributed by atoms with E-state index < -0.39 is 17.4 Å². The van der Waals surface area contributed by atoms with E-state index in [0.29, 0.717) is 29.2 Å². The summed E-state index contributed by atoms with van der Waals surface area (Å²) < 4.78 is 48.5. The van der Waals surface area contributed by atoms with E-state index in [1.165, 1.54) is 12.1 Å². The van der Waals surface area contributed by atoms with Gasteiger partial charge in [0.2, 0.25) is 0 Å². The van der Waals surface area contributed by atoms with Gasteiger partial charge in [-0.2, -0.15) is 0 Å². The summed E-state index contributed by atoms with van der Waals surface area (Å²) in [6.07, 6.45) is 6.27. The van der Waals surface area contributed by atoms with E-state index in [9.17, 15) is 13.9 Å². The second kappa shape index (κ2) is 11.1. The van der Waals surface area contributed by atoms with Crippen LogP contribution >= 0.6 is 11.8 Å². The van der Waals surface area contributed by atoms with Gasteiger partial charge in [0.15, 0.2) is 33.7 Å². The van der Waals surface area contributed by atoms with E-state index in [4.69, 9.17) is 24.2 Å². The van der Waals surface area contributed by atoms with Gasteiger partial charge in [-0.05, 0) is 61.6 Å². The lowest BCUT2D eigenvalue weighted by Gasteiger charge is -2.26. The van der Waals surface area contributed by atoms with Crippen molar-refractivity contribution in [2.24, 2.45) is 5.92 Å². The lowest BCUT2D eigenvalue weighted by atomic mass is 10.1. The van der Waals surface area contributed by atoms with E-state index >= 15 is 0 Å². The Balaban J connectivity index is 1.20. The van der Waals surface area contributed by atoms with Crippen LogP contribution in [0.4, 0.5) is 8.78 Å². The molecule has 0 radical (unpaired) electrons. The molecule has 7 rings (SSSR count). The van der Waals surface area contributed by atoms with Crippen molar-refractivity contribution >= 4 is 22.9 Å². The molecule has 1 spiro atoms. The van der Waals surface area contributed by atoms with Crippen LogP contribution in [0.3, 0.4) is 0 Å². The van der Waals surface area contributed by atoms with Gasteiger partial charge in [0.25, 0.3) is 0 Å². The second-order valence-corrected chi connectivity index (χ2v) is 12.8. The number of ether oxygens (including phenoxy) is 3. The summed E-state index contributed by atoms with van der Waals surface area (Å²) >= 11 is 1.61. The first-order valence-corrected chi connectivity index (χ1v) is 15.7. The summed E-state index contributed by atoms with van der Waals surface area (Å²) in [5, 5.41) is 19.3. The summed E-state index contributed by atoms with van der Waals surface area (Å²) in [7, 11) is 0. The van der Waals surface area contributed by atoms with Gasteiger partial charge in [0, 0.05) is 25.0 Å². The van der Waals surface area contributed by atoms with Crippen molar-refractivity contribution in [3.05, 3.63) is 41.1 Å². The van der Waals surface area contributed by atoms with Crippen molar-refractivity contribution in [1.82, 2.24) is 25.0 Å². The highest BCUT2D eigenvalue weighted by atomic mass is 32.2. The Hall–Kier alpha value is -2.25. The number of hydrogen-bond acceptors (Lipinski definition) is 9. The molecule has 0 bridgehead atoms. The van der Waals surface area contributed by atoms with Crippen molar-refractivity contribution in [2.45, 2.75) is 99.5 Å². The molecule has 4 fully saturated rings. The number of halogens is 2. The SMILES string of the molecule is CCCSc1nc(CC2C[C@@H]2c2ccc(F)c(F)c2)c2nnn(C3C[C@H](OCCO)[C@H]4OC5(CCCC5)O[C@@H]34)c2n1. The van der Waals surface area contributed by atoms with E-state index in [1.807, 2.05) is 4.68 Å². The number of aliphatic hydroxyl groups excluding tert-OH is 1. The fraction of sp³-hybridized carbons (Fsp3) is 0.655. The maximum atomic E-state index is 13.9. The third kappa shape index (κ3) is 5.15. The molecule has 2 unspecified atom stereocenters. The molecule has 2 aromatic heterocycles. The molecule has 12 heteroatoms. The number of nitrogens with zero attached hydrogens (tertiary/aromatic N) is 5. The van der Waals surface area contributed by atoms with Gasteiger partial charge < -0.3 is 19.3 Å². The number of benzene rings is 1. The Morgan fingerprint density at radius 3 is 2.73 bits per heavy atom. The number of rotatable bonds is 10. The molecule has 6 atom stereocenters. The monoisotopic (exact) mass is 587 g/mol. The topological polar surface area (TPSA) is 104 Å². The van der Waals surface area contributed by atoms with E-state index in [-0.39, 0.29) is 49.4 Å². The number of hydrogen-bond donors (Lipinski definition) is 1. The van der Waals surface area contributed by atoms with Crippen LogP contribution in [0.15, 0.2) is 23.4 Å². The van der Waals surface area contributed by atoms with Gasteiger partial charge in [-0.1, -0.05) is 30.0 Å². The molecule has 1 aromatic carbocycles. The van der Waals surface area contributed by atoms with Crippen LogP contribution in [0.5, 0.6) is 0 Å². The summed E-state index contributed by atoms with van der Waals surface area (Å²) in [6.45, 7) is 2.30. The van der Waals surface area contributed by atoms with Crippen molar-refractivity contribution in [3.8, 4) is 0 Å². The zero-order valence-corrected chi connectivity index (χ0v) is 23.9. The first kappa shape index (κ1) is 27.6. The standard InChI is InChI=1S/C29H35F2N5O4S/c1-2-11-41-28-32-21(14-17-12-18(17)16-5-6-19(30)20(31)13-16)24-27(33-28)36(35-34-24)22-15-23(38-10-9-37)26-25(22)39-29(40-26)7-3-4-8-29/h5-6,13,17-18,22-23,25-26,37H,2-4,7-12,14-15H2,1H3/t17?,18-,22?,23+,25+,26-/m1/s1.